The van der Waals surface area contributed by atoms with E-state index in [2.05, 4.69) is 15.3 Å². The molecule has 4 aromatic rings. The summed E-state index contributed by atoms with van der Waals surface area (Å²) in [5.74, 6) is 0.364. The normalized spacial score (nSPS) is 16.3. The Morgan fingerprint density at radius 1 is 1.19 bits per heavy atom. The molecule has 1 atom stereocenters. The van der Waals surface area contributed by atoms with E-state index in [1.54, 1.807) is 30.3 Å². The first-order valence-electron chi connectivity index (χ1n) is 10.3. The zero-order valence-corrected chi connectivity index (χ0v) is 17.4. The molecular formula is C24H21FN4O3. The van der Waals surface area contributed by atoms with Crippen LogP contribution in [0.3, 0.4) is 0 Å². The summed E-state index contributed by atoms with van der Waals surface area (Å²) in [5.41, 5.74) is 2.67. The average Bonchev–Trinajstić information content (AvgIpc) is 3.15. The Morgan fingerprint density at radius 2 is 2.09 bits per heavy atom. The largest absolute Gasteiger partial charge is 0.451 e. The highest BCUT2D eigenvalue weighted by atomic mass is 19.1. The van der Waals surface area contributed by atoms with E-state index in [0.717, 1.165) is 17.2 Å². The summed E-state index contributed by atoms with van der Waals surface area (Å²) in [6.45, 7) is 2.95. The molecular weight excluding hydrogens is 411 g/mol. The van der Waals surface area contributed by atoms with Crippen LogP contribution in [0, 0.1) is 12.7 Å². The SMILES string of the molecule is Cc1c(C(=O)N2CCO[C@@H](c3ccc(Nc4ccccn4)cn3)C2)oc2ccc(F)cc12. The summed E-state index contributed by atoms with van der Waals surface area (Å²) in [6, 6.07) is 13.7. The Balaban J connectivity index is 1.31. The highest BCUT2D eigenvalue weighted by Crippen LogP contribution is 2.29. The van der Waals surface area contributed by atoms with Crippen LogP contribution in [0.15, 0.2) is 65.3 Å². The van der Waals surface area contributed by atoms with Crippen molar-refractivity contribution in [3.05, 3.63) is 83.8 Å². The Kier molecular flexibility index (Phi) is 5.28. The van der Waals surface area contributed by atoms with Crippen LogP contribution in [0.2, 0.25) is 0 Å². The number of amides is 1. The zero-order chi connectivity index (χ0) is 22.1. The van der Waals surface area contributed by atoms with Gasteiger partial charge in [0.25, 0.3) is 5.91 Å². The van der Waals surface area contributed by atoms with Gasteiger partial charge in [-0.25, -0.2) is 9.37 Å². The lowest BCUT2D eigenvalue weighted by Gasteiger charge is -2.32. The Hall–Kier alpha value is -3.78. The molecule has 0 spiro atoms. The van der Waals surface area contributed by atoms with Crippen molar-refractivity contribution < 1.29 is 18.3 Å². The molecule has 5 rings (SSSR count). The molecule has 0 saturated carbocycles. The number of aromatic nitrogens is 2. The fraction of sp³-hybridized carbons (Fsp3) is 0.208. The topological polar surface area (TPSA) is 80.5 Å². The van der Waals surface area contributed by atoms with Crippen LogP contribution in [0.4, 0.5) is 15.9 Å². The average molecular weight is 432 g/mol. The number of nitrogens with zero attached hydrogens (tertiary/aromatic N) is 3. The van der Waals surface area contributed by atoms with Gasteiger partial charge in [-0.3, -0.25) is 9.78 Å². The fourth-order valence-corrected chi connectivity index (χ4v) is 3.81. The molecule has 0 unspecified atom stereocenters. The number of nitrogens with one attached hydrogen (secondary N) is 1. The summed E-state index contributed by atoms with van der Waals surface area (Å²) in [7, 11) is 0. The molecule has 162 valence electrons. The predicted molar refractivity (Wildman–Crippen MR) is 117 cm³/mol. The van der Waals surface area contributed by atoms with Gasteiger partial charge < -0.3 is 19.4 Å². The smallest absolute Gasteiger partial charge is 0.290 e. The minimum Gasteiger partial charge on any atom is -0.451 e. The van der Waals surface area contributed by atoms with Gasteiger partial charge >= 0.3 is 0 Å². The van der Waals surface area contributed by atoms with E-state index in [1.807, 2.05) is 30.3 Å². The van der Waals surface area contributed by atoms with Crippen LogP contribution in [0.5, 0.6) is 0 Å². The summed E-state index contributed by atoms with van der Waals surface area (Å²) >= 11 is 0. The second-order valence-corrected chi connectivity index (χ2v) is 7.62. The molecule has 1 aromatic carbocycles. The van der Waals surface area contributed by atoms with E-state index in [-0.39, 0.29) is 23.6 Å². The number of aryl methyl sites for hydroxylation is 1. The maximum Gasteiger partial charge on any atom is 0.290 e. The maximum atomic E-state index is 13.6. The zero-order valence-electron chi connectivity index (χ0n) is 17.4. The van der Waals surface area contributed by atoms with Gasteiger partial charge in [0.2, 0.25) is 0 Å². The van der Waals surface area contributed by atoms with E-state index in [1.165, 1.54) is 12.1 Å². The summed E-state index contributed by atoms with van der Waals surface area (Å²) < 4.78 is 25.2. The second kappa shape index (κ2) is 8.39. The minimum absolute atomic E-state index is 0.231. The molecule has 0 bridgehead atoms. The van der Waals surface area contributed by atoms with E-state index >= 15 is 0 Å². The van der Waals surface area contributed by atoms with Crippen LogP contribution in [-0.4, -0.2) is 40.5 Å². The highest BCUT2D eigenvalue weighted by molar-refractivity contribution is 5.99. The molecule has 0 aliphatic carbocycles. The number of hydrogen-bond acceptors (Lipinski definition) is 6. The summed E-state index contributed by atoms with van der Waals surface area (Å²) in [5, 5.41) is 3.79. The molecule has 4 heterocycles. The van der Waals surface area contributed by atoms with Crippen LogP contribution < -0.4 is 5.32 Å². The third-order valence-corrected chi connectivity index (χ3v) is 5.50. The molecule has 8 heteroatoms. The monoisotopic (exact) mass is 432 g/mol. The van der Waals surface area contributed by atoms with Gasteiger partial charge in [-0.15, -0.1) is 0 Å². The van der Waals surface area contributed by atoms with Crippen LogP contribution >= 0.6 is 0 Å². The fourth-order valence-electron chi connectivity index (χ4n) is 3.81. The highest BCUT2D eigenvalue weighted by Gasteiger charge is 2.30. The first-order chi connectivity index (χ1) is 15.6. The Bertz CT molecular complexity index is 1260. The molecule has 1 aliphatic rings. The standard InChI is InChI=1S/C24H21FN4O3/c1-15-18-12-16(25)5-8-20(18)32-23(15)24(30)29-10-11-31-21(14-29)19-7-6-17(13-27-19)28-22-4-2-3-9-26-22/h2-9,12-13,21H,10-11,14H2,1H3,(H,26,28)/t21-/m1/s1. The number of rotatable bonds is 4. The Morgan fingerprint density at radius 3 is 2.88 bits per heavy atom. The van der Waals surface area contributed by atoms with Crippen molar-refractivity contribution in [2.75, 3.05) is 25.0 Å². The third-order valence-electron chi connectivity index (χ3n) is 5.50. The van der Waals surface area contributed by atoms with Crippen LogP contribution in [0.25, 0.3) is 11.0 Å². The van der Waals surface area contributed by atoms with Gasteiger partial charge in [0.15, 0.2) is 5.76 Å². The van der Waals surface area contributed by atoms with Crippen molar-refractivity contribution in [1.82, 2.24) is 14.9 Å². The van der Waals surface area contributed by atoms with Crippen molar-refractivity contribution in [2.24, 2.45) is 0 Å². The van der Waals surface area contributed by atoms with Gasteiger partial charge in [0, 0.05) is 23.7 Å². The summed E-state index contributed by atoms with van der Waals surface area (Å²) in [6.07, 6.45) is 3.08. The van der Waals surface area contributed by atoms with Gasteiger partial charge in [0.1, 0.15) is 23.3 Å². The van der Waals surface area contributed by atoms with Gasteiger partial charge in [0.05, 0.1) is 30.7 Å². The van der Waals surface area contributed by atoms with Crippen LogP contribution in [-0.2, 0) is 4.74 Å². The molecule has 1 saturated heterocycles. The molecule has 1 fully saturated rings. The van der Waals surface area contributed by atoms with E-state index in [4.69, 9.17) is 9.15 Å². The van der Waals surface area contributed by atoms with Crippen molar-refractivity contribution in [1.29, 1.82) is 0 Å². The molecule has 32 heavy (non-hydrogen) atoms. The number of morpholine rings is 1. The lowest BCUT2D eigenvalue weighted by molar-refractivity contribution is -0.0256. The number of hydrogen-bond donors (Lipinski definition) is 1. The third kappa shape index (κ3) is 3.92. The van der Waals surface area contributed by atoms with Crippen molar-refractivity contribution in [3.8, 4) is 0 Å². The number of pyridine rings is 2. The number of ether oxygens (including phenoxy) is 1. The minimum atomic E-state index is -0.362. The first kappa shape index (κ1) is 20.1. The lowest BCUT2D eigenvalue weighted by atomic mass is 10.1. The molecule has 7 nitrogen and oxygen atoms in total. The maximum absolute atomic E-state index is 13.6. The number of carbonyl (C=O) groups is 1. The summed E-state index contributed by atoms with van der Waals surface area (Å²) in [4.78, 5) is 23.6. The molecule has 3 aromatic heterocycles. The predicted octanol–water partition coefficient (Wildman–Crippen LogP) is 4.63. The number of halogens is 1. The van der Waals surface area contributed by atoms with E-state index in [0.29, 0.717) is 36.2 Å². The number of furan rings is 1. The number of anilines is 2. The van der Waals surface area contributed by atoms with Crippen molar-refractivity contribution in [2.45, 2.75) is 13.0 Å². The lowest BCUT2D eigenvalue weighted by Crippen LogP contribution is -2.42. The number of fused-ring (bicyclic) bond motifs is 1. The number of carbonyl (C=O) groups excluding carboxylic acids is 1. The first-order valence-corrected chi connectivity index (χ1v) is 10.3. The van der Waals surface area contributed by atoms with Crippen molar-refractivity contribution in [3.63, 3.8) is 0 Å². The van der Waals surface area contributed by atoms with E-state index < -0.39 is 0 Å². The Labute approximate surface area is 183 Å². The van der Waals surface area contributed by atoms with E-state index in [9.17, 15) is 9.18 Å². The molecule has 1 N–H and O–H groups in total. The van der Waals surface area contributed by atoms with Gasteiger partial charge in [-0.05, 0) is 49.4 Å². The second-order valence-electron chi connectivity index (χ2n) is 7.62. The quantitative estimate of drug-likeness (QED) is 0.507. The van der Waals surface area contributed by atoms with Crippen molar-refractivity contribution >= 4 is 28.4 Å². The number of benzene rings is 1. The van der Waals surface area contributed by atoms with Gasteiger partial charge in [-0.1, -0.05) is 6.07 Å². The van der Waals surface area contributed by atoms with Crippen LogP contribution in [0.1, 0.15) is 27.9 Å². The molecule has 0 radical (unpaired) electrons. The van der Waals surface area contributed by atoms with Gasteiger partial charge in [-0.2, -0.15) is 0 Å². The molecule has 1 amide bonds. The molecule has 1 aliphatic heterocycles.